The molecule has 82 valence electrons. The molecule has 1 saturated heterocycles. The molecule has 0 saturated carbocycles. The third kappa shape index (κ3) is 2.00. The Kier molecular flexibility index (Phi) is 3.05. The lowest BCUT2D eigenvalue weighted by Gasteiger charge is -2.49. The van der Waals surface area contributed by atoms with Gasteiger partial charge in [-0.25, -0.2) is 0 Å². The van der Waals surface area contributed by atoms with E-state index in [0.29, 0.717) is 11.7 Å². The molecule has 1 heterocycles. The van der Waals surface area contributed by atoms with E-state index < -0.39 is 0 Å². The second kappa shape index (κ2) is 3.65. The van der Waals surface area contributed by atoms with Crippen molar-refractivity contribution in [2.24, 2.45) is 5.92 Å². The summed E-state index contributed by atoms with van der Waals surface area (Å²) in [6, 6.07) is 0. The molecule has 0 aliphatic carbocycles. The van der Waals surface area contributed by atoms with Crippen LogP contribution in [-0.4, -0.2) is 35.9 Å². The van der Waals surface area contributed by atoms with Crippen molar-refractivity contribution in [3.8, 4) is 0 Å². The summed E-state index contributed by atoms with van der Waals surface area (Å²) in [4.78, 5) is 11.6. The SMILES string of the molecule is CCC1C[N+](C)(C(C)(C)C)CCC1=O. The Morgan fingerprint density at radius 3 is 2.43 bits per heavy atom. The van der Waals surface area contributed by atoms with Crippen LogP contribution in [0.1, 0.15) is 40.5 Å². The lowest BCUT2D eigenvalue weighted by molar-refractivity contribution is -0.957. The fourth-order valence-corrected chi connectivity index (χ4v) is 2.21. The zero-order valence-corrected chi connectivity index (χ0v) is 10.3. The van der Waals surface area contributed by atoms with Gasteiger partial charge in [-0.1, -0.05) is 6.92 Å². The first-order chi connectivity index (χ1) is 6.30. The Bertz CT molecular complexity index is 229. The van der Waals surface area contributed by atoms with Crippen molar-refractivity contribution in [2.45, 2.75) is 46.1 Å². The second-order valence-corrected chi connectivity index (χ2v) is 5.79. The lowest BCUT2D eigenvalue weighted by Crippen LogP contribution is -2.63. The summed E-state index contributed by atoms with van der Waals surface area (Å²) in [6.45, 7) is 11.0. The Labute approximate surface area is 87.9 Å². The highest BCUT2D eigenvalue weighted by molar-refractivity contribution is 5.81. The highest BCUT2D eigenvalue weighted by atomic mass is 16.1. The van der Waals surface area contributed by atoms with Crippen LogP contribution in [0.3, 0.4) is 0 Å². The largest absolute Gasteiger partial charge is 0.321 e. The molecule has 2 heteroatoms. The van der Waals surface area contributed by atoms with Crippen molar-refractivity contribution in [2.75, 3.05) is 20.1 Å². The average Bonchev–Trinajstić information content (AvgIpc) is 2.07. The summed E-state index contributed by atoms with van der Waals surface area (Å²) in [7, 11) is 2.29. The fourth-order valence-electron chi connectivity index (χ4n) is 2.21. The summed E-state index contributed by atoms with van der Waals surface area (Å²) in [6.07, 6.45) is 1.77. The summed E-state index contributed by atoms with van der Waals surface area (Å²) < 4.78 is 1.04. The molecule has 0 aromatic carbocycles. The molecule has 0 N–H and O–H groups in total. The number of piperidine rings is 1. The molecule has 1 aliphatic heterocycles. The van der Waals surface area contributed by atoms with Crippen molar-refractivity contribution in [3.05, 3.63) is 0 Å². The smallest absolute Gasteiger partial charge is 0.147 e. The lowest BCUT2D eigenvalue weighted by atomic mass is 9.88. The van der Waals surface area contributed by atoms with E-state index in [4.69, 9.17) is 0 Å². The van der Waals surface area contributed by atoms with Crippen LogP contribution in [0.5, 0.6) is 0 Å². The third-order valence-corrected chi connectivity index (χ3v) is 4.04. The van der Waals surface area contributed by atoms with Crippen molar-refractivity contribution in [1.29, 1.82) is 0 Å². The minimum absolute atomic E-state index is 0.258. The van der Waals surface area contributed by atoms with Gasteiger partial charge in [0.25, 0.3) is 0 Å². The second-order valence-electron chi connectivity index (χ2n) is 5.79. The van der Waals surface area contributed by atoms with Gasteiger partial charge in [0.15, 0.2) is 0 Å². The molecule has 0 aromatic heterocycles. The predicted molar refractivity (Wildman–Crippen MR) is 59.1 cm³/mol. The van der Waals surface area contributed by atoms with E-state index >= 15 is 0 Å². The highest BCUT2D eigenvalue weighted by Gasteiger charge is 2.42. The van der Waals surface area contributed by atoms with E-state index in [2.05, 4.69) is 34.7 Å². The third-order valence-electron chi connectivity index (χ3n) is 4.04. The van der Waals surface area contributed by atoms with Gasteiger partial charge in [0.05, 0.1) is 38.0 Å². The molecule has 2 nitrogen and oxygen atoms in total. The van der Waals surface area contributed by atoms with Crippen LogP contribution in [0.4, 0.5) is 0 Å². The standard InChI is InChI=1S/C12H24NO/c1-6-10-9-13(5,12(2,3)4)8-7-11(10)14/h10H,6-9H2,1-5H3/q+1. The number of likely N-dealkylation sites (tertiary alicyclic amines) is 1. The van der Waals surface area contributed by atoms with Crippen LogP contribution >= 0.6 is 0 Å². The van der Waals surface area contributed by atoms with Gasteiger partial charge in [-0.15, -0.1) is 0 Å². The van der Waals surface area contributed by atoms with Gasteiger partial charge in [0.1, 0.15) is 5.78 Å². The van der Waals surface area contributed by atoms with Gasteiger partial charge < -0.3 is 4.48 Å². The molecule has 14 heavy (non-hydrogen) atoms. The van der Waals surface area contributed by atoms with E-state index in [9.17, 15) is 4.79 Å². The number of hydrogen-bond acceptors (Lipinski definition) is 1. The Balaban J connectivity index is 2.80. The minimum Gasteiger partial charge on any atom is -0.321 e. The Morgan fingerprint density at radius 1 is 1.43 bits per heavy atom. The quantitative estimate of drug-likeness (QED) is 0.591. The zero-order chi connectivity index (χ0) is 11.0. The van der Waals surface area contributed by atoms with Crippen molar-refractivity contribution >= 4 is 5.78 Å². The highest BCUT2D eigenvalue weighted by Crippen LogP contribution is 2.30. The summed E-state index contributed by atoms with van der Waals surface area (Å²) in [5, 5.41) is 0. The van der Waals surface area contributed by atoms with E-state index in [-0.39, 0.29) is 5.54 Å². The monoisotopic (exact) mass is 198 g/mol. The number of carbonyl (C=O) groups excluding carboxylic acids is 1. The first kappa shape index (κ1) is 11.7. The molecule has 1 rings (SSSR count). The van der Waals surface area contributed by atoms with Gasteiger partial charge in [-0.3, -0.25) is 4.79 Å². The molecular weight excluding hydrogens is 174 g/mol. The van der Waals surface area contributed by atoms with Crippen LogP contribution in [0, 0.1) is 5.92 Å². The molecule has 2 unspecified atom stereocenters. The maximum absolute atomic E-state index is 11.6. The summed E-state index contributed by atoms with van der Waals surface area (Å²) in [5.41, 5.74) is 0.258. The predicted octanol–water partition coefficient (Wildman–Crippen LogP) is 2.23. The molecule has 2 atom stereocenters. The number of nitrogens with zero attached hydrogens (tertiary/aromatic N) is 1. The van der Waals surface area contributed by atoms with Crippen LogP contribution in [-0.2, 0) is 4.79 Å². The fraction of sp³-hybridized carbons (Fsp3) is 0.917. The number of Topliss-reactive ketones (excluding diaryl/α,β-unsaturated/α-hetero) is 1. The number of carbonyl (C=O) groups is 1. The molecule has 1 fully saturated rings. The maximum atomic E-state index is 11.6. The van der Waals surface area contributed by atoms with Gasteiger partial charge in [0.2, 0.25) is 0 Å². The van der Waals surface area contributed by atoms with Crippen LogP contribution in [0.15, 0.2) is 0 Å². The Morgan fingerprint density at radius 2 is 2.00 bits per heavy atom. The molecule has 0 amide bonds. The molecule has 0 aromatic rings. The first-order valence-corrected chi connectivity index (χ1v) is 5.67. The van der Waals surface area contributed by atoms with Gasteiger partial charge in [-0.2, -0.15) is 0 Å². The number of hydrogen-bond donors (Lipinski definition) is 0. The molecule has 0 radical (unpaired) electrons. The summed E-state index contributed by atoms with van der Waals surface area (Å²) >= 11 is 0. The number of quaternary nitrogens is 1. The minimum atomic E-state index is 0.258. The number of ketones is 1. The first-order valence-electron chi connectivity index (χ1n) is 5.67. The molecule has 0 spiro atoms. The van der Waals surface area contributed by atoms with E-state index in [1.165, 1.54) is 0 Å². The van der Waals surface area contributed by atoms with Crippen molar-refractivity contribution < 1.29 is 9.28 Å². The van der Waals surface area contributed by atoms with Crippen molar-refractivity contribution in [3.63, 3.8) is 0 Å². The van der Waals surface area contributed by atoms with Gasteiger partial charge >= 0.3 is 0 Å². The molecular formula is C12H24NO+. The van der Waals surface area contributed by atoms with Gasteiger partial charge in [0, 0.05) is 0 Å². The van der Waals surface area contributed by atoms with Gasteiger partial charge in [-0.05, 0) is 27.2 Å². The Hall–Kier alpha value is -0.370. The van der Waals surface area contributed by atoms with Crippen LogP contribution in [0.2, 0.25) is 0 Å². The molecule has 1 aliphatic rings. The number of rotatable bonds is 1. The normalized spacial score (nSPS) is 34.6. The topological polar surface area (TPSA) is 17.1 Å². The average molecular weight is 198 g/mol. The van der Waals surface area contributed by atoms with Crippen LogP contribution in [0.25, 0.3) is 0 Å². The van der Waals surface area contributed by atoms with Crippen molar-refractivity contribution in [1.82, 2.24) is 0 Å². The molecule has 0 bridgehead atoms. The maximum Gasteiger partial charge on any atom is 0.147 e. The van der Waals surface area contributed by atoms with E-state index in [1.807, 2.05) is 0 Å². The summed E-state index contributed by atoms with van der Waals surface area (Å²) in [5.74, 6) is 0.778. The zero-order valence-electron chi connectivity index (χ0n) is 10.3. The van der Waals surface area contributed by atoms with Crippen LogP contribution < -0.4 is 0 Å². The van der Waals surface area contributed by atoms with E-state index in [1.54, 1.807) is 0 Å². The van der Waals surface area contributed by atoms with E-state index in [0.717, 1.165) is 30.4 Å².